The van der Waals surface area contributed by atoms with Gasteiger partial charge in [-0.05, 0) is 43.2 Å². The van der Waals surface area contributed by atoms with Gasteiger partial charge in [0.05, 0.1) is 7.11 Å². The normalized spacial score (nSPS) is 10.1. The van der Waals surface area contributed by atoms with Crippen LogP contribution in [0.3, 0.4) is 0 Å². The van der Waals surface area contributed by atoms with Gasteiger partial charge in [0.1, 0.15) is 12.0 Å². The first-order chi connectivity index (χ1) is 9.13. The van der Waals surface area contributed by atoms with Crippen molar-refractivity contribution < 1.29 is 14.3 Å². The van der Waals surface area contributed by atoms with Gasteiger partial charge in [-0.25, -0.2) is 0 Å². The molecule has 0 aromatic heterocycles. The van der Waals surface area contributed by atoms with Gasteiger partial charge in [0.25, 0.3) is 0 Å². The van der Waals surface area contributed by atoms with Crippen LogP contribution in [-0.2, 0) is 0 Å². The molecule has 0 amide bonds. The summed E-state index contributed by atoms with van der Waals surface area (Å²) in [5.41, 5.74) is 2.66. The van der Waals surface area contributed by atoms with E-state index in [1.54, 1.807) is 19.2 Å². The SMILES string of the molecule is COc1cc(C)ccc1Oc1cc(C=O)ccc1C. The van der Waals surface area contributed by atoms with Crippen LogP contribution in [0.15, 0.2) is 36.4 Å². The predicted molar refractivity (Wildman–Crippen MR) is 74.4 cm³/mol. The van der Waals surface area contributed by atoms with E-state index >= 15 is 0 Å². The second-order valence-electron chi connectivity index (χ2n) is 4.40. The van der Waals surface area contributed by atoms with E-state index in [0.717, 1.165) is 17.4 Å². The lowest BCUT2D eigenvalue weighted by Gasteiger charge is -2.13. The average molecular weight is 256 g/mol. The molecule has 0 radical (unpaired) electrons. The van der Waals surface area contributed by atoms with Crippen LogP contribution in [0.4, 0.5) is 0 Å². The van der Waals surface area contributed by atoms with E-state index in [0.29, 0.717) is 22.8 Å². The van der Waals surface area contributed by atoms with Crippen LogP contribution in [-0.4, -0.2) is 13.4 Å². The zero-order valence-corrected chi connectivity index (χ0v) is 11.3. The highest BCUT2D eigenvalue weighted by molar-refractivity contribution is 5.76. The summed E-state index contributed by atoms with van der Waals surface area (Å²) >= 11 is 0. The molecule has 2 aromatic rings. The lowest BCUT2D eigenvalue weighted by Crippen LogP contribution is -1.93. The number of aryl methyl sites for hydroxylation is 2. The minimum Gasteiger partial charge on any atom is -0.493 e. The van der Waals surface area contributed by atoms with Crippen molar-refractivity contribution in [3.63, 3.8) is 0 Å². The Balaban J connectivity index is 2.38. The van der Waals surface area contributed by atoms with Crippen LogP contribution in [0, 0.1) is 13.8 Å². The van der Waals surface area contributed by atoms with E-state index in [-0.39, 0.29) is 0 Å². The van der Waals surface area contributed by atoms with Crippen LogP contribution < -0.4 is 9.47 Å². The highest BCUT2D eigenvalue weighted by atomic mass is 16.5. The molecule has 98 valence electrons. The molecule has 2 rings (SSSR count). The number of hydrogen-bond acceptors (Lipinski definition) is 3. The van der Waals surface area contributed by atoms with Gasteiger partial charge >= 0.3 is 0 Å². The topological polar surface area (TPSA) is 35.5 Å². The second kappa shape index (κ2) is 5.57. The largest absolute Gasteiger partial charge is 0.493 e. The molecule has 0 saturated carbocycles. The third kappa shape index (κ3) is 2.94. The molecule has 0 bridgehead atoms. The number of aldehydes is 1. The minimum atomic E-state index is 0.590. The Hall–Kier alpha value is -2.29. The third-order valence-electron chi connectivity index (χ3n) is 2.89. The van der Waals surface area contributed by atoms with E-state index in [2.05, 4.69) is 0 Å². The Labute approximate surface area is 112 Å². The first kappa shape index (κ1) is 13.1. The van der Waals surface area contributed by atoms with Crippen LogP contribution in [0.25, 0.3) is 0 Å². The summed E-state index contributed by atoms with van der Waals surface area (Å²) in [4.78, 5) is 10.8. The summed E-state index contributed by atoms with van der Waals surface area (Å²) in [6, 6.07) is 11.1. The summed E-state index contributed by atoms with van der Waals surface area (Å²) < 4.78 is 11.1. The fourth-order valence-corrected chi connectivity index (χ4v) is 1.78. The molecule has 0 fully saturated rings. The Bertz CT molecular complexity index is 603. The van der Waals surface area contributed by atoms with Gasteiger partial charge in [-0.3, -0.25) is 4.79 Å². The number of carbonyl (C=O) groups is 1. The molecule has 0 atom stereocenters. The van der Waals surface area contributed by atoms with Gasteiger partial charge in [-0.2, -0.15) is 0 Å². The van der Waals surface area contributed by atoms with Crippen molar-refractivity contribution in [1.29, 1.82) is 0 Å². The van der Waals surface area contributed by atoms with E-state index in [9.17, 15) is 4.79 Å². The molecule has 19 heavy (non-hydrogen) atoms. The second-order valence-corrected chi connectivity index (χ2v) is 4.40. The molecule has 3 nitrogen and oxygen atoms in total. The minimum absolute atomic E-state index is 0.590. The highest BCUT2D eigenvalue weighted by Crippen LogP contribution is 2.33. The van der Waals surface area contributed by atoms with E-state index < -0.39 is 0 Å². The van der Waals surface area contributed by atoms with Crippen molar-refractivity contribution in [2.75, 3.05) is 7.11 Å². The quantitative estimate of drug-likeness (QED) is 0.778. The van der Waals surface area contributed by atoms with Crippen LogP contribution in [0.1, 0.15) is 21.5 Å². The number of rotatable bonds is 4. The maximum Gasteiger partial charge on any atom is 0.169 e. The Kier molecular flexibility index (Phi) is 3.85. The van der Waals surface area contributed by atoms with Crippen LogP contribution in [0.5, 0.6) is 17.2 Å². The van der Waals surface area contributed by atoms with E-state index in [4.69, 9.17) is 9.47 Å². The van der Waals surface area contributed by atoms with Gasteiger partial charge in [0.2, 0.25) is 0 Å². The summed E-state index contributed by atoms with van der Waals surface area (Å²) in [5, 5.41) is 0. The molecule has 0 aliphatic rings. The molecule has 3 heteroatoms. The molecule has 2 aromatic carbocycles. The van der Waals surface area contributed by atoms with Gasteiger partial charge in [0, 0.05) is 5.56 Å². The molecule has 0 heterocycles. The summed E-state index contributed by atoms with van der Waals surface area (Å²) in [5.74, 6) is 1.97. The lowest BCUT2D eigenvalue weighted by molar-refractivity contribution is 0.112. The monoisotopic (exact) mass is 256 g/mol. The number of carbonyl (C=O) groups excluding carboxylic acids is 1. The van der Waals surface area contributed by atoms with Crippen LogP contribution in [0.2, 0.25) is 0 Å². The molecular formula is C16H16O3. The van der Waals surface area contributed by atoms with Gasteiger partial charge < -0.3 is 9.47 Å². The summed E-state index contributed by atoms with van der Waals surface area (Å²) in [6.45, 7) is 3.93. The highest BCUT2D eigenvalue weighted by Gasteiger charge is 2.08. The lowest BCUT2D eigenvalue weighted by atomic mass is 10.1. The number of hydrogen-bond donors (Lipinski definition) is 0. The average Bonchev–Trinajstić information content (AvgIpc) is 2.43. The van der Waals surface area contributed by atoms with Gasteiger partial charge in [-0.15, -0.1) is 0 Å². The molecule has 0 N–H and O–H groups in total. The smallest absolute Gasteiger partial charge is 0.169 e. The van der Waals surface area contributed by atoms with E-state index in [1.807, 2.05) is 38.1 Å². The van der Waals surface area contributed by atoms with Crippen molar-refractivity contribution >= 4 is 6.29 Å². The number of methoxy groups -OCH3 is 1. The molecule has 0 aliphatic heterocycles. The van der Waals surface area contributed by atoms with Crippen molar-refractivity contribution in [3.8, 4) is 17.2 Å². The molecule has 0 spiro atoms. The zero-order chi connectivity index (χ0) is 13.8. The maximum atomic E-state index is 10.8. The zero-order valence-electron chi connectivity index (χ0n) is 11.3. The van der Waals surface area contributed by atoms with E-state index in [1.165, 1.54) is 0 Å². The maximum absolute atomic E-state index is 10.8. The van der Waals surface area contributed by atoms with Crippen molar-refractivity contribution in [1.82, 2.24) is 0 Å². The Morgan fingerprint density at radius 1 is 0.947 bits per heavy atom. The van der Waals surface area contributed by atoms with Crippen LogP contribution >= 0.6 is 0 Å². The molecule has 0 unspecified atom stereocenters. The first-order valence-electron chi connectivity index (χ1n) is 6.02. The van der Waals surface area contributed by atoms with Crippen molar-refractivity contribution in [2.45, 2.75) is 13.8 Å². The van der Waals surface area contributed by atoms with Crippen molar-refractivity contribution in [3.05, 3.63) is 53.1 Å². The Morgan fingerprint density at radius 3 is 2.42 bits per heavy atom. The fourth-order valence-electron chi connectivity index (χ4n) is 1.78. The molecule has 0 aliphatic carbocycles. The number of benzene rings is 2. The van der Waals surface area contributed by atoms with Gasteiger partial charge in [-0.1, -0.05) is 18.2 Å². The fraction of sp³-hybridized carbons (Fsp3) is 0.188. The standard InChI is InChI=1S/C16H16O3/c1-11-4-7-14(16(8-11)18-3)19-15-9-13(10-17)6-5-12(15)2/h4-10H,1-3H3. The summed E-state index contributed by atoms with van der Waals surface area (Å²) in [7, 11) is 1.61. The number of ether oxygens (including phenoxy) is 2. The van der Waals surface area contributed by atoms with Gasteiger partial charge in [0.15, 0.2) is 11.5 Å². The first-order valence-corrected chi connectivity index (χ1v) is 6.02. The Morgan fingerprint density at radius 2 is 1.74 bits per heavy atom. The third-order valence-corrected chi connectivity index (χ3v) is 2.89. The predicted octanol–water partition coefficient (Wildman–Crippen LogP) is 3.92. The van der Waals surface area contributed by atoms with Crippen molar-refractivity contribution in [2.24, 2.45) is 0 Å². The molecule has 0 saturated heterocycles. The summed E-state index contributed by atoms with van der Waals surface area (Å²) in [6.07, 6.45) is 0.804. The molecular weight excluding hydrogens is 240 g/mol.